The Hall–Kier alpha value is -2.25. The van der Waals surface area contributed by atoms with Gasteiger partial charge >= 0.3 is 0 Å². The van der Waals surface area contributed by atoms with Gasteiger partial charge in [-0.2, -0.15) is 5.26 Å². The van der Waals surface area contributed by atoms with Crippen LogP contribution in [0.4, 0.5) is 5.69 Å². The highest BCUT2D eigenvalue weighted by atomic mass is 35.5. The predicted molar refractivity (Wildman–Crippen MR) is 81.3 cm³/mol. The zero-order chi connectivity index (χ0) is 14.9. The van der Waals surface area contributed by atoms with Gasteiger partial charge in [0, 0.05) is 36.6 Å². The Morgan fingerprint density at radius 3 is 2.50 bits per heavy atom. The van der Waals surface area contributed by atoms with Gasteiger partial charge in [-0.25, -0.2) is 0 Å². The molecule has 0 fully saturated rings. The van der Waals surface area contributed by atoms with Crippen LogP contribution in [0.25, 0.3) is 11.1 Å². The van der Waals surface area contributed by atoms with Crippen LogP contribution in [0.3, 0.4) is 0 Å². The summed E-state index contributed by atoms with van der Waals surface area (Å²) in [5, 5.41) is 9.68. The molecule has 0 spiro atoms. The Morgan fingerprint density at radius 2 is 1.95 bits per heavy atom. The number of pyridine rings is 1. The monoisotopic (exact) mass is 287 g/mol. The van der Waals surface area contributed by atoms with Crippen molar-refractivity contribution in [1.82, 2.24) is 4.98 Å². The number of H-pyrrole nitrogens is 1. The van der Waals surface area contributed by atoms with Crippen molar-refractivity contribution < 1.29 is 0 Å². The summed E-state index contributed by atoms with van der Waals surface area (Å²) < 4.78 is 0. The summed E-state index contributed by atoms with van der Waals surface area (Å²) in [5.41, 5.74) is 2.58. The van der Waals surface area contributed by atoms with Crippen LogP contribution in [-0.4, -0.2) is 19.1 Å². The van der Waals surface area contributed by atoms with Crippen LogP contribution in [0.2, 0.25) is 5.02 Å². The van der Waals surface area contributed by atoms with Gasteiger partial charge in [0.15, 0.2) is 0 Å². The first-order chi connectivity index (χ1) is 9.43. The average molecular weight is 288 g/mol. The van der Waals surface area contributed by atoms with Crippen molar-refractivity contribution in [3.05, 3.63) is 50.9 Å². The lowest BCUT2D eigenvalue weighted by atomic mass is 10.0. The predicted octanol–water partition coefficient (Wildman–Crippen LogP) is 2.94. The summed E-state index contributed by atoms with van der Waals surface area (Å²) in [6, 6.07) is 9.24. The molecule has 1 heterocycles. The number of nitrogens with zero attached hydrogens (tertiary/aromatic N) is 2. The van der Waals surface area contributed by atoms with E-state index >= 15 is 0 Å². The molecule has 102 valence electrons. The van der Waals surface area contributed by atoms with Crippen LogP contribution in [-0.2, 0) is 0 Å². The fourth-order valence-electron chi connectivity index (χ4n) is 2.01. The molecule has 0 aliphatic rings. The first-order valence-corrected chi connectivity index (χ1v) is 6.43. The van der Waals surface area contributed by atoms with Crippen molar-refractivity contribution in [2.45, 2.75) is 6.92 Å². The van der Waals surface area contributed by atoms with E-state index in [-0.39, 0.29) is 5.56 Å². The number of benzene rings is 1. The normalized spacial score (nSPS) is 10.2. The molecule has 0 saturated heterocycles. The zero-order valence-electron chi connectivity index (χ0n) is 11.5. The summed E-state index contributed by atoms with van der Waals surface area (Å²) in [6.07, 6.45) is 0. The van der Waals surface area contributed by atoms with Crippen molar-refractivity contribution in [1.29, 1.82) is 5.26 Å². The molecule has 0 bridgehead atoms. The molecule has 4 nitrogen and oxygen atoms in total. The lowest BCUT2D eigenvalue weighted by Gasteiger charge is -2.15. The van der Waals surface area contributed by atoms with Crippen molar-refractivity contribution in [3.8, 4) is 17.2 Å². The SMILES string of the molecule is Cc1cc(-c2ccc(N(C)C)cc2Cl)c(C#N)c(=O)[nH]1. The second kappa shape index (κ2) is 5.40. The van der Waals surface area contributed by atoms with E-state index in [1.807, 2.05) is 43.3 Å². The molecule has 1 aromatic heterocycles. The first-order valence-electron chi connectivity index (χ1n) is 6.05. The van der Waals surface area contributed by atoms with Gasteiger partial charge < -0.3 is 9.88 Å². The third-order valence-electron chi connectivity index (χ3n) is 3.04. The lowest BCUT2D eigenvalue weighted by molar-refractivity contribution is 1.13. The molecule has 1 aromatic carbocycles. The molecule has 0 aliphatic carbocycles. The molecule has 0 saturated carbocycles. The smallest absolute Gasteiger partial charge is 0.266 e. The van der Waals surface area contributed by atoms with Gasteiger partial charge in [0.05, 0.1) is 5.02 Å². The number of aromatic nitrogens is 1. The molecule has 20 heavy (non-hydrogen) atoms. The van der Waals surface area contributed by atoms with E-state index in [1.54, 1.807) is 13.0 Å². The molecule has 0 amide bonds. The minimum Gasteiger partial charge on any atom is -0.378 e. The maximum atomic E-state index is 11.8. The van der Waals surface area contributed by atoms with E-state index < -0.39 is 5.56 Å². The fraction of sp³-hybridized carbons (Fsp3) is 0.200. The summed E-state index contributed by atoms with van der Waals surface area (Å²) in [4.78, 5) is 16.4. The standard InChI is InChI=1S/C15H14ClN3O/c1-9-6-12(13(8-17)15(20)18-9)11-5-4-10(19(2)3)7-14(11)16/h4-7H,1-3H3,(H,18,20). The van der Waals surface area contributed by atoms with Crippen LogP contribution >= 0.6 is 11.6 Å². The number of nitriles is 1. The number of rotatable bonds is 2. The molecular formula is C15H14ClN3O. The second-order valence-electron chi connectivity index (χ2n) is 4.74. The van der Waals surface area contributed by atoms with Crippen LogP contribution in [0.5, 0.6) is 0 Å². The van der Waals surface area contributed by atoms with Crippen LogP contribution in [0.1, 0.15) is 11.3 Å². The highest BCUT2D eigenvalue weighted by Gasteiger charge is 2.13. The summed E-state index contributed by atoms with van der Waals surface area (Å²) in [5.74, 6) is 0. The molecule has 0 radical (unpaired) electrons. The molecule has 0 atom stereocenters. The van der Waals surface area contributed by atoms with Gasteiger partial charge in [-0.3, -0.25) is 4.79 Å². The fourth-order valence-corrected chi connectivity index (χ4v) is 2.29. The Kier molecular flexibility index (Phi) is 3.82. The largest absolute Gasteiger partial charge is 0.378 e. The van der Waals surface area contributed by atoms with E-state index in [9.17, 15) is 4.79 Å². The van der Waals surface area contributed by atoms with Crippen molar-refractivity contribution in [3.63, 3.8) is 0 Å². The Bertz CT molecular complexity index is 757. The number of halogens is 1. The molecule has 1 N–H and O–H groups in total. The summed E-state index contributed by atoms with van der Waals surface area (Å²) in [6.45, 7) is 1.77. The quantitative estimate of drug-likeness (QED) is 0.924. The van der Waals surface area contributed by atoms with Crippen LogP contribution < -0.4 is 10.5 Å². The average Bonchev–Trinajstić information content (AvgIpc) is 2.37. The van der Waals surface area contributed by atoms with Gasteiger partial charge in [-0.1, -0.05) is 17.7 Å². The van der Waals surface area contributed by atoms with Crippen molar-refractivity contribution in [2.75, 3.05) is 19.0 Å². The van der Waals surface area contributed by atoms with E-state index in [2.05, 4.69) is 4.98 Å². The topological polar surface area (TPSA) is 59.9 Å². The summed E-state index contributed by atoms with van der Waals surface area (Å²) in [7, 11) is 3.84. The summed E-state index contributed by atoms with van der Waals surface area (Å²) >= 11 is 6.29. The van der Waals surface area contributed by atoms with Crippen LogP contribution in [0, 0.1) is 18.3 Å². The highest BCUT2D eigenvalue weighted by Crippen LogP contribution is 2.32. The zero-order valence-corrected chi connectivity index (χ0v) is 12.2. The number of nitrogens with one attached hydrogen (secondary N) is 1. The minimum absolute atomic E-state index is 0.0788. The van der Waals surface area contributed by atoms with E-state index in [4.69, 9.17) is 16.9 Å². The minimum atomic E-state index is -0.393. The van der Waals surface area contributed by atoms with Crippen molar-refractivity contribution in [2.24, 2.45) is 0 Å². The number of aryl methyl sites for hydroxylation is 1. The van der Waals surface area contributed by atoms with Gasteiger partial charge in [0.2, 0.25) is 0 Å². The Labute approximate surface area is 122 Å². The Morgan fingerprint density at radius 1 is 1.25 bits per heavy atom. The van der Waals surface area contributed by atoms with Crippen molar-refractivity contribution >= 4 is 17.3 Å². The van der Waals surface area contributed by atoms with Gasteiger partial charge in [-0.15, -0.1) is 0 Å². The first kappa shape index (κ1) is 14.2. The molecule has 0 aliphatic heterocycles. The number of aromatic amines is 1. The van der Waals surface area contributed by atoms with E-state index in [1.165, 1.54) is 0 Å². The third kappa shape index (κ3) is 2.54. The lowest BCUT2D eigenvalue weighted by Crippen LogP contribution is -2.13. The number of hydrogen-bond donors (Lipinski definition) is 1. The van der Waals surface area contributed by atoms with Gasteiger partial charge in [0.1, 0.15) is 11.6 Å². The van der Waals surface area contributed by atoms with Gasteiger partial charge in [-0.05, 0) is 25.1 Å². The van der Waals surface area contributed by atoms with Crippen LogP contribution in [0.15, 0.2) is 29.1 Å². The highest BCUT2D eigenvalue weighted by molar-refractivity contribution is 6.33. The molecule has 0 unspecified atom stereocenters. The maximum Gasteiger partial charge on any atom is 0.266 e. The van der Waals surface area contributed by atoms with Gasteiger partial charge in [0.25, 0.3) is 5.56 Å². The molecule has 2 rings (SSSR count). The van der Waals surface area contributed by atoms with E-state index in [0.29, 0.717) is 21.8 Å². The van der Waals surface area contributed by atoms with E-state index in [0.717, 1.165) is 5.69 Å². The molecule has 2 aromatic rings. The number of anilines is 1. The Balaban J connectivity index is 2.70. The second-order valence-corrected chi connectivity index (χ2v) is 5.15. The third-order valence-corrected chi connectivity index (χ3v) is 3.35. The maximum absolute atomic E-state index is 11.8. The molecule has 5 heteroatoms. The molecular weight excluding hydrogens is 274 g/mol. The number of hydrogen-bond acceptors (Lipinski definition) is 3.